The summed E-state index contributed by atoms with van der Waals surface area (Å²) < 4.78 is 22.8. The largest absolute Gasteiger partial charge is 0.497 e. The zero-order chi connectivity index (χ0) is 24.5. The average Bonchev–Trinajstić information content (AvgIpc) is 3.37. The Hall–Kier alpha value is -3.56. The first-order valence-corrected chi connectivity index (χ1v) is 12.4. The predicted molar refractivity (Wildman–Crippen MR) is 135 cm³/mol. The van der Waals surface area contributed by atoms with Crippen molar-refractivity contribution >= 4 is 5.95 Å². The Labute approximate surface area is 211 Å². The third-order valence-corrected chi connectivity index (χ3v) is 6.97. The molecule has 0 spiro atoms. The monoisotopic (exact) mass is 489 g/mol. The Morgan fingerprint density at radius 3 is 2.61 bits per heavy atom. The number of anilines is 1. The summed E-state index contributed by atoms with van der Waals surface area (Å²) in [4.78, 5) is 17.0. The molecule has 0 aliphatic carbocycles. The quantitative estimate of drug-likeness (QED) is 0.519. The molecule has 36 heavy (non-hydrogen) atoms. The third kappa shape index (κ3) is 4.76. The first-order valence-electron chi connectivity index (χ1n) is 12.4. The van der Waals surface area contributed by atoms with Crippen LogP contribution in [0.15, 0.2) is 42.5 Å². The molecule has 9 heteroatoms. The summed E-state index contributed by atoms with van der Waals surface area (Å²) in [5.74, 6) is 4.45. The Morgan fingerprint density at radius 2 is 1.75 bits per heavy atom. The molecule has 0 amide bonds. The predicted octanol–water partition coefficient (Wildman–Crippen LogP) is 3.32. The number of aromatic nitrogens is 2. The van der Waals surface area contributed by atoms with Gasteiger partial charge < -0.3 is 28.7 Å². The van der Waals surface area contributed by atoms with E-state index in [1.165, 1.54) is 5.56 Å². The van der Waals surface area contributed by atoms with Gasteiger partial charge in [0.2, 0.25) is 18.6 Å². The van der Waals surface area contributed by atoms with Crippen LogP contribution in [0.4, 0.5) is 5.95 Å². The van der Waals surface area contributed by atoms with Gasteiger partial charge in [0.15, 0.2) is 11.5 Å². The second-order valence-electron chi connectivity index (χ2n) is 9.47. The summed E-state index contributed by atoms with van der Waals surface area (Å²) in [6.07, 6.45) is 0.845. The van der Waals surface area contributed by atoms with Crippen molar-refractivity contribution in [2.24, 2.45) is 0 Å². The van der Waals surface area contributed by atoms with Crippen molar-refractivity contribution in [2.45, 2.75) is 19.5 Å². The summed E-state index contributed by atoms with van der Waals surface area (Å²) in [5.41, 5.74) is 3.30. The fraction of sp³-hybridized carbons (Fsp3) is 0.407. The van der Waals surface area contributed by atoms with Crippen molar-refractivity contribution in [3.63, 3.8) is 0 Å². The van der Waals surface area contributed by atoms with Crippen LogP contribution < -0.4 is 23.8 Å². The van der Waals surface area contributed by atoms with E-state index in [0.29, 0.717) is 18.2 Å². The average molecular weight is 490 g/mol. The number of hydrogen-bond acceptors (Lipinski definition) is 9. The van der Waals surface area contributed by atoms with Crippen LogP contribution in [-0.2, 0) is 19.5 Å². The second-order valence-corrected chi connectivity index (χ2v) is 9.47. The Bertz CT molecular complexity index is 1240. The van der Waals surface area contributed by atoms with Gasteiger partial charge in [-0.3, -0.25) is 4.90 Å². The zero-order valence-corrected chi connectivity index (χ0v) is 20.8. The number of rotatable bonds is 6. The van der Waals surface area contributed by atoms with E-state index in [0.717, 1.165) is 80.1 Å². The number of nitrogens with zero attached hydrogens (tertiary/aromatic N) is 5. The Kier molecular flexibility index (Phi) is 6.25. The summed E-state index contributed by atoms with van der Waals surface area (Å²) in [6, 6.07) is 13.8. The molecule has 3 aromatic rings. The van der Waals surface area contributed by atoms with Crippen LogP contribution in [0.2, 0.25) is 0 Å². The van der Waals surface area contributed by atoms with Gasteiger partial charge in [-0.15, -0.1) is 0 Å². The van der Waals surface area contributed by atoms with Crippen molar-refractivity contribution < 1.29 is 18.9 Å². The molecule has 4 heterocycles. The highest BCUT2D eigenvalue weighted by molar-refractivity contribution is 5.46. The first kappa shape index (κ1) is 22.9. The van der Waals surface area contributed by atoms with Gasteiger partial charge >= 0.3 is 0 Å². The molecule has 3 aliphatic rings. The van der Waals surface area contributed by atoms with Crippen LogP contribution in [0.3, 0.4) is 0 Å². The van der Waals surface area contributed by atoms with Gasteiger partial charge in [-0.2, -0.15) is 4.98 Å². The van der Waals surface area contributed by atoms with E-state index in [1.54, 1.807) is 7.11 Å². The van der Waals surface area contributed by atoms with E-state index >= 15 is 0 Å². The highest BCUT2D eigenvalue weighted by Gasteiger charge is 2.27. The van der Waals surface area contributed by atoms with E-state index in [9.17, 15) is 0 Å². The molecule has 188 valence electrons. The molecular formula is C27H31N5O4. The van der Waals surface area contributed by atoms with Crippen molar-refractivity contribution in [3.8, 4) is 28.9 Å². The van der Waals surface area contributed by atoms with Crippen molar-refractivity contribution in [1.82, 2.24) is 19.8 Å². The molecule has 9 nitrogen and oxygen atoms in total. The highest BCUT2D eigenvalue weighted by Crippen LogP contribution is 2.35. The molecule has 0 N–H and O–H groups in total. The molecule has 3 aliphatic heterocycles. The normalized spacial score (nSPS) is 17.7. The number of ether oxygens (including phenoxy) is 4. The number of methoxy groups -OCH3 is 1. The van der Waals surface area contributed by atoms with Crippen LogP contribution in [0.5, 0.6) is 28.9 Å². The Morgan fingerprint density at radius 1 is 0.917 bits per heavy atom. The third-order valence-electron chi connectivity index (χ3n) is 6.97. The fourth-order valence-corrected chi connectivity index (χ4v) is 4.87. The molecule has 0 bridgehead atoms. The minimum Gasteiger partial charge on any atom is -0.497 e. The van der Waals surface area contributed by atoms with E-state index in [4.69, 9.17) is 28.9 Å². The van der Waals surface area contributed by atoms with Crippen LogP contribution >= 0.6 is 0 Å². The minimum absolute atomic E-state index is 0.286. The van der Waals surface area contributed by atoms with Crippen molar-refractivity contribution in [2.75, 3.05) is 58.6 Å². The maximum atomic E-state index is 6.40. The minimum atomic E-state index is 0.286. The molecular weight excluding hydrogens is 458 g/mol. The van der Waals surface area contributed by atoms with Crippen LogP contribution in [0, 0.1) is 0 Å². The van der Waals surface area contributed by atoms with Gasteiger partial charge in [0.05, 0.1) is 18.4 Å². The molecule has 0 radical (unpaired) electrons. The first-order chi connectivity index (χ1) is 17.6. The Balaban J connectivity index is 1.28. The van der Waals surface area contributed by atoms with E-state index in [1.807, 2.05) is 30.3 Å². The number of piperazine rings is 1. The molecule has 1 aromatic heterocycles. The topological polar surface area (TPSA) is 72.4 Å². The second kappa shape index (κ2) is 9.83. The molecule has 0 unspecified atom stereocenters. The summed E-state index contributed by atoms with van der Waals surface area (Å²) in [5, 5.41) is 0. The number of fused-ring (bicyclic) bond motifs is 2. The van der Waals surface area contributed by atoms with Gasteiger partial charge in [0.25, 0.3) is 0 Å². The number of hydrogen-bond donors (Lipinski definition) is 0. The molecule has 6 rings (SSSR count). The molecule has 1 saturated heterocycles. The van der Waals surface area contributed by atoms with Gasteiger partial charge in [0.1, 0.15) is 11.5 Å². The molecule has 0 saturated carbocycles. The molecule has 2 aromatic carbocycles. The van der Waals surface area contributed by atoms with Crippen LogP contribution in [0.25, 0.3) is 0 Å². The fourth-order valence-electron chi connectivity index (χ4n) is 4.87. The summed E-state index contributed by atoms with van der Waals surface area (Å²) in [6.45, 7) is 6.52. The smallest absolute Gasteiger partial charge is 0.231 e. The maximum absolute atomic E-state index is 6.40. The molecule has 1 fully saturated rings. The standard InChI is InChI=1S/C27H31N5O4/c1-30-10-12-32(13-11-30)27-28-23-8-9-31(16-19-6-7-24-25(14-19)35-18-34-24)17-22(23)26(29-27)36-21-5-3-4-20(15-21)33-2/h3-7,14-15H,8-13,16-18H2,1-2H3. The number of benzene rings is 2. The van der Waals surface area contributed by atoms with Crippen molar-refractivity contribution in [3.05, 3.63) is 59.3 Å². The highest BCUT2D eigenvalue weighted by atomic mass is 16.7. The lowest BCUT2D eigenvalue weighted by Gasteiger charge is -2.34. The lowest BCUT2D eigenvalue weighted by atomic mass is 10.1. The van der Waals surface area contributed by atoms with E-state index in [-0.39, 0.29) is 6.79 Å². The zero-order valence-electron chi connectivity index (χ0n) is 20.8. The van der Waals surface area contributed by atoms with E-state index in [2.05, 4.69) is 33.9 Å². The SMILES string of the molecule is COc1cccc(Oc2nc(N3CCN(C)CC3)nc3c2CN(Cc2ccc4c(c2)OCO4)CC3)c1. The van der Waals surface area contributed by atoms with Crippen LogP contribution in [0.1, 0.15) is 16.8 Å². The van der Waals surface area contributed by atoms with Crippen LogP contribution in [-0.4, -0.2) is 73.4 Å². The van der Waals surface area contributed by atoms with Gasteiger partial charge in [-0.25, -0.2) is 4.98 Å². The number of likely N-dealkylation sites (N-methyl/N-ethyl adjacent to an activating group) is 1. The lowest BCUT2D eigenvalue weighted by molar-refractivity contribution is 0.174. The van der Waals surface area contributed by atoms with Gasteiger partial charge in [-0.1, -0.05) is 12.1 Å². The maximum Gasteiger partial charge on any atom is 0.231 e. The van der Waals surface area contributed by atoms with E-state index < -0.39 is 0 Å². The molecule has 0 atom stereocenters. The summed E-state index contributed by atoms with van der Waals surface area (Å²) in [7, 11) is 3.81. The van der Waals surface area contributed by atoms with Crippen molar-refractivity contribution in [1.29, 1.82) is 0 Å². The lowest BCUT2D eigenvalue weighted by Crippen LogP contribution is -2.45. The summed E-state index contributed by atoms with van der Waals surface area (Å²) >= 11 is 0. The van der Waals surface area contributed by atoms with Gasteiger partial charge in [-0.05, 0) is 36.9 Å². The van der Waals surface area contributed by atoms with Gasteiger partial charge in [0, 0.05) is 58.3 Å².